The lowest BCUT2D eigenvalue weighted by Gasteiger charge is -2.08. The number of benzene rings is 1. The molecule has 0 atom stereocenters. The van der Waals surface area contributed by atoms with Gasteiger partial charge in [0.1, 0.15) is 0 Å². The predicted octanol–water partition coefficient (Wildman–Crippen LogP) is 2.33. The summed E-state index contributed by atoms with van der Waals surface area (Å²) in [5, 5.41) is 2.56. The lowest BCUT2D eigenvalue weighted by Crippen LogP contribution is -2.12. The molecule has 1 amide bonds. The van der Waals surface area contributed by atoms with Gasteiger partial charge in [0.05, 0.1) is 25.3 Å². The van der Waals surface area contributed by atoms with Crippen molar-refractivity contribution < 1.29 is 23.9 Å². The van der Waals surface area contributed by atoms with E-state index in [0.29, 0.717) is 5.69 Å². The number of hydrogen-bond acceptors (Lipinski definition) is 5. The molecule has 1 aromatic rings. The molecular weight excluding hydrogens is 286 g/mol. The summed E-state index contributed by atoms with van der Waals surface area (Å²) < 4.78 is 9.23. The maximum Gasteiger partial charge on any atom is 0.337 e. The molecule has 0 aliphatic rings. The first-order valence-corrected chi connectivity index (χ1v) is 6.44. The van der Waals surface area contributed by atoms with E-state index in [4.69, 9.17) is 0 Å². The standard InChI is InChI=1S/C16H17NO5/c1-4-5-6-7-14(18)17-13-9-11(15(19)21-2)8-12(10-13)16(20)22-3/h4-10H,1-3H3,(H,17,18)/b5-4+,7-6+. The third-order valence-corrected chi connectivity index (χ3v) is 2.59. The number of nitrogens with one attached hydrogen (secondary N) is 1. The van der Waals surface area contributed by atoms with Crippen molar-refractivity contribution in [3.05, 3.63) is 53.6 Å². The highest BCUT2D eigenvalue weighted by molar-refractivity contribution is 6.02. The van der Waals surface area contributed by atoms with Crippen molar-refractivity contribution in [3.63, 3.8) is 0 Å². The molecule has 1 aromatic carbocycles. The highest BCUT2D eigenvalue weighted by atomic mass is 16.5. The molecule has 0 unspecified atom stereocenters. The Kier molecular flexibility index (Phi) is 6.56. The molecule has 0 fully saturated rings. The summed E-state index contributed by atoms with van der Waals surface area (Å²) in [5.41, 5.74) is 0.565. The summed E-state index contributed by atoms with van der Waals surface area (Å²) in [6.45, 7) is 1.82. The zero-order valence-electron chi connectivity index (χ0n) is 12.6. The van der Waals surface area contributed by atoms with Gasteiger partial charge >= 0.3 is 11.9 Å². The minimum Gasteiger partial charge on any atom is -0.465 e. The molecule has 116 valence electrons. The van der Waals surface area contributed by atoms with Crippen molar-refractivity contribution in [2.45, 2.75) is 6.92 Å². The Bertz CT molecular complexity index is 597. The van der Waals surface area contributed by atoms with Gasteiger partial charge in [-0.2, -0.15) is 0 Å². The average molecular weight is 303 g/mol. The highest BCUT2D eigenvalue weighted by Gasteiger charge is 2.14. The van der Waals surface area contributed by atoms with Gasteiger partial charge in [-0.05, 0) is 25.1 Å². The molecule has 0 bridgehead atoms. The Morgan fingerprint density at radius 2 is 1.50 bits per heavy atom. The van der Waals surface area contributed by atoms with E-state index in [0.717, 1.165) is 0 Å². The van der Waals surface area contributed by atoms with Crippen molar-refractivity contribution in [2.24, 2.45) is 0 Å². The summed E-state index contributed by atoms with van der Waals surface area (Å²) in [5.74, 6) is -1.63. The Morgan fingerprint density at radius 1 is 0.955 bits per heavy atom. The third-order valence-electron chi connectivity index (χ3n) is 2.59. The van der Waals surface area contributed by atoms with Crippen LogP contribution in [0.4, 0.5) is 5.69 Å². The fourth-order valence-corrected chi connectivity index (χ4v) is 1.61. The first-order chi connectivity index (χ1) is 10.5. The van der Waals surface area contributed by atoms with E-state index in [9.17, 15) is 14.4 Å². The van der Waals surface area contributed by atoms with Crippen molar-refractivity contribution in [1.82, 2.24) is 0 Å². The molecule has 0 heterocycles. The smallest absolute Gasteiger partial charge is 0.337 e. The molecule has 0 radical (unpaired) electrons. The second-order valence-corrected chi connectivity index (χ2v) is 4.16. The molecule has 1 N–H and O–H groups in total. The Balaban J connectivity index is 3.09. The fraction of sp³-hybridized carbons (Fsp3) is 0.188. The van der Waals surface area contributed by atoms with E-state index in [1.807, 2.05) is 6.92 Å². The van der Waals surface area contributed by atoms with Gasteiger partial charge in [-0.3, -0.25) is 4.79 Å². The molecule has 0 saturated heterocycles. The number of amides is 1. The number of esters is 2. The lowest BCUT2D eigenvalue weighted by atomic mass is 10.1. The van der Waals surface area contributed by atoms with Crippen LogP contribution in [0.2, 0.25) is 0 Å². The van der Waals surface area contributed by atoms with Crippen molar-refractivity contribution in [3.8, 4) is 0 Å². The Labute approximate surface area is 128 Å². The van der Waals surface area contributed by atoms with Crippen LogP contribution in [-0.2, 0) is 14.3 Å². The van der Waals surface area contributed by atoms with Crippen LogP contribution >= 0.6 is 0 Å². The predicted molar refractivity (Wildman–Crippen MR) is 81.7 cm³/mol. The number of rotatable bonds is 5. The summed E-state index contributed by atoms with van der Waals surface area (Å²) in [6, 6.07) is 4.17. The lowest BCUT2D eigenvalue weighted by molar-refractivity contribution is -0.111. The Morgan fingerprint density at radius 3 is 1.95 bits per heavy atom. The van der Waals surface area contributed by atoms with E-state index in [-0.39, 0.29) is 11.1 Å². The molecular formula is C16H17NO5. The fourth-order valence-electron chi connectivity index (χ4n) is 1.61. The normalized spacial score (nSPS) is 10.7. The zero-order chi connectivity index (χ0) is 16.5. The van der Waals surface area contributed by atoms with Gasteiger partial charge in [0.15, 0.2) is 0 Å². The number of anilines is 1. The molecule has 0 spiro atoms. The molecule has 0 saturated carbocycles. The van der Waals surface area contributed by atoms with Gasteiger partial charge in [-0.25, -0.2) is 9.59 Å². The maximum atomic E-state index is 11.7. The summed E-state index contributed by atoms with van der Waals surface area (Å²) in [6.07, 6.45) is 6.37. The van der Waals surface area contributed by atoms with Crippen molar-refractivity contribution in [2.75, 3.05) is 19.5 Å². The third kappa shape index (κ3) is 4.90. The monoisotopic (exact) mass is 303 g/mol. The van der Waals surface area contributed by atoms with Crippen molar-refractivity contribution >= 4 is 23.5 Å². The van der Waals surface area contributed by atoms with Crippen LogP contribution in [0.1, 0.15) is 27.6 Å². The number of carbonyl (C=O) groups is 3. The van der Waals surface area contributed by atoms with E-state index in [1.165, 1.54) is 38.5 Å². The molecule has 22 heavy (non-hydrogen) atoms. The zero-order valence-corrected chi connectivity index (χ0v) is 12.6. The first kappa shape index (κ1) is 17.2. The van der Waals surface area contributed by atoms with Gasteiger partial charge < -0.3 is 14.8 Å². The Hall–Kier alpha value is -2.89. The van der Waals surface area contributed by atoms with Gasteiger partial charge in [0, 0.05) is 11.8 Å². The van der Waals surface area contributed by atoms with Gasteiger partial charge in [0.2, 0.25) is 5.91 Å². The van der Waals surface area contributed by atoms with Crippen LogP contribution in [0, 0.1) is 0 Å². The highest BCUT2D eigenvalue weighted by Crippen LogP contribution is 2.17. The van der Waals surface area contributed by atoms with Crippen LogP contribution in [0.15, 0.2) is 42.5 Å². The maximum absolute atomic E-state index is 11.7. The van der Waals surface area contributed by atoms with Crippen LogP contribution in [-0.4, -0.2) is 32.1 Å². The van der Waals surface area contributed by atoms with Crippen LogP contribution < -0.4 is 5.32 Å². The molecule has 1 rings (SSSR count). The summed E-state index contributed by atoms with van der Waals surface area (Å²) in [7, 11) is 2.45. The number of ether oxygens (including phenoxy) is 2. The van der Waals surface area contributed by atoms with Crippen LogP contribution in [0.25, 0.3) is 0 Å². The largest absolute Gasteiger partial charge is 0.465 e. The molecule has 0 aliphatic carbocycles. The minimum absolute atomic E-state index is 0.137. The number of allylic oxidation sites excluding steroid dienone is 3. The van der Waals surface area contributed by atoms with E-state index < -0.39 is 17.8 Å². The van der Waals surface area contributed by atoms with Gasteiger partial charge in [-0.15, -0.1) is 0 Å². The first-order valence-electron chi connectivity index (χ1n) is 6.44. The molecule has 6 heteroatoms. The van der Waals surface area contributed by atoms with E-state index in [2.05, 4.69) is 14.8 Å². The van der Waals surface area contributed by atoms with Gasteiger partial charge in [-0.1, -0.05) is 18.2 Å². The topological polar surface area (TPSA) is 81.7 Å². The summed E-state index contributed by atoms with van der Waals surface area (Å²) in [4.78, 5) is 35.0. The number of hydrogen-bond donors (Lipinski definition) is 1. The second kappa shape index (κ2) is 8.41. The van der Waals surface area contributed by atoms with E-state index in [1.54, 1.807) is 18.2 Å². The quantitative estimate of drug-likeness (QED) is 0.513. The molecule has 0 aliphatic heterocycles. The van der Waals surface area contributed by atoms with Crippen molar-refractivity contribution in [1.29, 1.82) is 0 Å². The van der Waals surface area contributed by atoms with Crippen LogP contribution in [0.3, 0.4) is 0 Å². The van der Waals surface area contributed by atoms with E-state index >= 15 is 0 Å². The molecule has 6 nitrogen and oxygen atoms in total. The number of methoxy groups -OCH3 is 2. The summed E-state index contributed by atoms with van der Waals surface area (Å²) >= 11 is 0. The minimum atomic E-state index is -0.620. The SMILES string of the molecule is C/C=C/C=C/C(=O)Nc1cc(C(=O)OC)cc(C(=O)OC)c1. The number of carbonyl (C=O) groups excluding carboxylic acids is 3. The van der Waals surface area contributed by atoms with Gasteiger partial charge in [0.25, 0.3) is 0 Å². The second-order valence-electron chi connectivity index (χ2n) is 4.16. The average Bonchev–Trinajstić information content (AvgIpc) is 2.53. The molecule has 0 aromatic heterocycles. The van der Waals surface area contributed by atoms with Crippen LogP contribution in [0.5, 0.6) is 0 Å².